The van der Waals surface area contributed by atoms with Gasteiger partial charge in [-0.05, 0) is 26.8 Å². The van der Waals surface area contributed by atoms with Gasteiger partial charge in [0.05, 0.1) is 11.4 Å². The first-order valence-electron chi connectivity index (χ1n) is 4.69. The van der Waals surface area contributed by atoms with E-state index in [1.165, 1.54) is 25.9 Å². The molecule has 1 spiro atoms. The van der Waals surface area contributed by atoms with Crippen molar-refractivity contribution in [1.29, 1.82) is 0 Å². The number of hydrogen-bond donors (Lipinski definition) is 1. The smallest absolute Gasteiger partial charge is 0.0940 e. The maximum absolute atomic E-state index is 4.69. The van der Waals surface area contributed by atoms with Crippen molar-refractivity contribution < 1.29 is 0 Å². The molecule has 2 aliphatic heterocycles. The van der Waals surface area contributed by atoms with Crippen LogP contribution in [0.3, 0.4) is 0 Å². The molecule has 0 amide bonds. The van der Waals surface area contributed by atoms with Crippen molar-refractivity contribution >= 4 is 5.84 Å². The van der Waals surface area contributed by atoms with Crippen LogP contribution in [0.2, 0.25) is 0 Å². The average Bonchev–Trinajstić information content (AvgIpc) is 2.40. The Labute approximate surface area is 73.9 Å². The Morgan fingerprint density at radius 2 is 2.08 bits per heavy atom. The molecule has 0 unspecified atom stereocenters. The molecule has 0 radical (unpaired) electrons. The van der Waals surface area contributed by atoms with Crippen LogP contribution in [0.25, 0.3) is 0 Å². The van der Waals surface area contributed by atoms with Gasteiger partial charge in [0.1, 0.15) is 0 Å². The molecule has 1 N–H and O–H groups in total. The number of piperidine rings is 1. The standard InChI is InChI=1S/C9H17N3/c1-8-10-7-9(11-8)3-5-12(2)6-4-9/h3-7H2,1-2H3,(H,10,11). The van der Waals surface area contributed by atoms with Gasteiger partial charge in [-0.3, -0.25) is 4.99 Å². The minimum Gasteiger partial charge on any atom is -0.372 e. The average molecular weight is 167 g/mol. The van der Waals surface area contributed by atoms with Crippen molar-refractivity contribution in [3.63, 3.8) is 0 Å². The zero-order chi connectivity index (χ0) is 8.60. The van der Waals surface area contributed by atoms with E-state index in [0.717, 1.165) is 12.4 Å². The van der Waals surface area contributed by atoms with Crippen molar-refractivity contribution in [3.8, 4) is 0 Å². The van der Waals surface area contributed by atoms with Crippen LogP contribution < -0.4 is 5.32 Å². The second-order valence-electron chi connectivity index (χ2n) is 4.08. The predicted molar refractivity (Wildman–Crippen MR) is 50.6 cm³/mol. The lowest BCUT2D eigenvalue weighted by Gasteiger charge is -2.34. The summed E-state index contributed by atoms with van der Waals surface area (Å²) in [6.07, 6.45) is 2.43. The zero-order valence-corrected chi connectivity index (χ0v) is 7.93. The summed E-state index contributed by atoms with van der Waals surface area (Å²) < 4.78 is 0. The quantitative estimate of drug-likeness (QED) is 0.568. The molecule has 68 valence electrons. The number of rotatable bonds is 0. The van der Waals surface area contributed by atoms with E-state index in [4.69, 9.17) is 4.99 Å². The monoisotopic (exact) mass is 167 g/mol. The molecule has 2 heterocycles. The van der Waals surface area contributed by atoms with Gasteiger partial charge in [0.15, 0.2) is 0 Å². The van der Waals surface area contributed by atoms with Crippen molar-refractivity contribution in [1.82, 2.24) is 10.2 Å². The lowest BCUT2D eigenvalue weighted by molar-refractivity contribution is 0.200. The van der Waals surface area contributed by atoms with Gasteiger partial charge in [0, 0.05) is 19.6 Å². The minimum absolute atomic E-state index is 0.261. The maximum Gasteiger partial charge on any atom is 0.0940 e. The fraction of sp³-hybridized carbons (Fsp3) is 0.889. The molecule has 2 aliphatic rings. The molecule has 0 atom stereocenters. The second kappa shape index (κ2) is 2.73. The number of nitrogens with zero attached hydrogens (tertiary/aromatic N) is 2. The molecule has 0 aromatic carbocycles. The van der Waals surface area contributed by atoms with E-state index >= 15 is 0 Å². The van der Waals surface area contributed by atoms with Crippen LogP contribution in [0.1, 0.15) is 19.8 Å². The summed E-state index contributed by atoms with van der Waals surface area (Å²) in [5.74, 6) is 1.12. The molecule has 0 saturated carbocycles. The summed E-state index contributed by atoms with van der Waals surface area (Å²) in [7, 11) is 2.19. The summed E-state index contributed by atoms with van der Waals surface area (Å²) in [4.78, 5) is 7.08. The van der Waals surface area contributed by atoms with Crippen LogP contribution in [-0.4, -0.2) is 43.0 Å². The molecule has 3 heteroatoms. The van der Waals surface area contributed by atoms with E-state index < -0.39 is 0 Å². The lowest BCUT2D eigenvalue weighted by atomic mass is 9.89. The molecule has 0 bridgehead atoms. The number of hydrogen-bond acceptors (Lipinski definition) is 3. The van der Waals surface area contributed by atoms with E-state index in [-0.39, 0.29) is 5.54 Å². The normalized spacial score (nSPS) is 28.7. The Hall–Kier alpha value is -0.570. The van der Waals surface area contributed by atoms with Gasteiger partial charge in [-0.25, -0.2) is 0 Å². The first kappa shape index (κ1) is 8.05. The third kappa shape index (κ3) is 1.33. The third-order valence-electron chi connectivity index (χ3n) is 3.00. The summed E-state index contributed by atoms with van der Waals surface area (Å²) >= 11 is 0. The summed E-state index contributed by atoms with van der Waals surface area (Å²) in [6.45, 7) is 5.51. The highest BCUT2D eigenvalue weighted by atomic mass is 15.2. The van der Waals surface area contributed by atoms with Gasteiger partial charge in [-0.15, -0.1) is 0 Å². The summed E-state index contributed by atoms with van der Waals surface area (Å²) in [5.41, 5.74) is 0.261. The van der Waals surface area contributed by atoms with Gasteiger partial charge in [0.25, 0.3) is 0 Å². The van der Waals surface area contributed by atoms with Crippen LogP contribution in [0, 0.1) is 0 Å². The third-order valence-corrected chi connectivity index (χ3v) is 3.00. The summed E-state index contributed by atoms with van der Waals surface area (Å²) in [6, 6.07) is 0. The van der Waals surface area contributed by atoms with E-state index in [9.17, 15) is 0 Å². The van der Waals surface area contributed by atoms with Crippen LogP contribution >= 0.6 is 0 Å². The lowest BCUT2D eigenvalue weighted by Crippen LogP contribution is -2.44. The molecule has 1 fully saturated rings. The van der Waals surface area contributed by atoms with Gasteiger partial charge < -0.3 is 10.2 Å². The van der Waals surface area contributed by atoms with Crippen molar-refractivity contribution in [2.75, 3.05) is 26.7 Å². The van der Waals surface area contributed by atoms with Crippen molar-refractivity contribution in [2.45, 2.75) is 25.3 Å². The SMILES string of the molecule is CC1=NC2(CCN(C)CC2)CN1. The van der Waals surface area contributed by atoms with Crippen molar-refractivity contribution in [2.24, 2.45) is 4.99 Å². The van der Waals surface area contributed by atoms with E-state index in [2.05, 4.69) is 24.2 Å². The number of likely N-dealkylation sites (tertiary alicyclic amines) is 1. The van der Waals surface area contributed by atoms with E-state index in [0.29, 0.717) is 0 Å². The highest BCUT2D eigenvalue weighted by molar-refractivity contribution is 5.81. The Morgan fingerprint density at radius 1 is 1.42 bits per heavy atom. The van der Waals surface area contributed by atoms with E-state index in [1.54, 1.807) is 0 Å². The molecular formula is C9H17N3. The molecule has 2 rings (SSSR count). The van der Waals surface area contributed by atoms with Gasteiger partial charge in [-0.2, -0.15) is 0 Å². The molecular weight excluding hydrogens is 150 g/mol. The molecule has 12 heavy (non-hydrogen) atoms. The Balaban J connectivity index is 2.04. The Morgan fingerprint density at radius 3 is 2.58 bits per heavy atom. The largest absolute Gasteiger partial charge is 0.372 e. The number of aliphatic imine (C=N–C) groups is 1. The summed E-state index contributed by atoms with van der Waals surface area (Å²) in [5, 5.41) is 3.33. The fourth-order valence-electron chi connectivity index (χ4n) is 2.05. The van der Waals surface area contributed by atoms with E-state index in [1.807, 2.05) is 0 Å². The Kier molecular flexibility index (Phi) is 1.83. The molecule has 0 aliphatic carbocycles. The first-order valence-corrected chi connectivity index (χ1v) is 4.69. The minimum atomic E-state index is 0.261. The highest BCUT2D eigenvalue weighted by Gasteiger charge is 2.36. The first-order chi connectivity index (χ1) is 5.70. The second-order valence-corrected chi connectivity index (χ2v) is 4.08. The van der Waals surface area contributed by atoms with Crippen LogP contribution in [-0.2, 0) is 0 Å². The fourth-order valence-corrected chi connectivity index (χ4v) is 2.05. The van der Waals surface area contributed by atoms with Gasteiger partial charge >= 0.3 is 0 Å². The molecule has 0 aromatic heterocycles. The topological polar surface area (TPSA) is 27.6 Å². The van der Waals surface area contributed by atoms with Crippen LogP contribution in [0.5, 0.6) is 0 Å². The number of nitrogens with one attached hydrogen (secondary N) is 1. The molecule has 1 saturated heterocycles. The van der Waals surface area contributed by atoms with Gasteiger partial charge in [0.2, 0.25) is 0 Å². The maximum atomic E-state index is 4.69. The predicted octanol–water partition coefficient (Wildman–Crippen LogP) is 0.472. The Bertz CT molecular complexity index is 202. The molecule has 0 aromatic rings. The van der Waals surface area contributed by atoms with Crippen LogP contribution in [0.15, 0.2) is 4.99 Å². The molecule has 3 nitrogen and oxygen atoms in total. The number of amidine groups is 1. The van der Waals surface area contributed by atoms with Crippen molar-refractivity contribution in [3.05, 3.63) is 0 Å². The highest BCUT2D eigenvalue weighted by Crippen LogP contribution is 2.27. The zero-order valence-electron chi connectivity index (χ0n) is 7.93. The van der Waals surface area contributed by atoms with Gasteiger partial charge in [-0.1, -0.05) is 0 Å². The van der Waals surface area contributed by atoms with Crippen LogP contribution in [0.4, 0.5) is 0 Å².